The van der Waals surface area contributed by atoms with Crippen LogP contribution in [0.1, 0.15) is 90.6 Å². The van der Waals surface area contributed by atoms with E-state index in [-0.39, 0.29) is 5.97 Å². The number of carbonyl (C=O) groups excluding carboxylic acids is 2. The predicted octanol–water partition coefficient (Wildman–Crippen LogP) is 6.96. The van der Waals surface area contributed by atoms with Gasteiger partial charge in [0, 0.05) is 22.0 Å². The van der Waals surface area contributed by atoms with Crippen LogP contribution >= 0.6 is 0 Å². The molecule has 2 aromatic carbocycles. The number of H-pyrrole nitrogens is 1. The summed E-state index contributed by atoms with van der Waals surface area (Å²) in [5.41, 5.74) is 5.87. The molecule has 1 saturated carbocycles. The molecular weight excluding hydrogens is 386 g/mol. The molecule has 0 atom stereocenters. The fraction of sp³-hybridized carbons (Fsp3) is 0.407. The highest BCUT2D eigenvalue weighted by molar-refractivity contribution is 5.99. The van der Waals surface area contributed by atoms with Gasteiger partial charge in [-0.05, 0) is 70.2 Å². The number of hydrogen-bond acceptors (Lipinski definition) is 3. The number of carbonyl (C=O) groups is 2. The molecule has 1 fully saturated rings. The van der Waals surface area contributed by atoms with Gasteiger partial charge in [0.1, 0.15) is 5.60 Å². The molecule has 0 amide bonds. The van der Waals surface area contributed by atoms with Crippen LogP contribution in [0.3, 0.4) is 0 Å². The Morgan fingerprint density at radius 1 is 1.06 bits per heavy atom. The highest BCUT2D eigenvalue weighted by Gasteiger charge is 2.26. The lowest BCUT2D eigenvalue weighted by atomic mass is 9.81. The van der Waals surface area contributed by atoms with Crippen molar-refractivity contribution in [2.75, 3.05) is 0 Å². The second kappa shape index (κ2) is 8.33. The number of hydrogen-bond donors (Lipinski definition) is 1. The van der Waals surface area contributed by atoms with E-state index in [4.69, 9.17) is 4.74 Å². The SMILES string of the molecule is Cc1ccc(-c2[nH]c3cc(C(=O)OC(C)(C)C)ccc3c2C2CCCCC2)c(C=O)c1. The van der Waals surface area contributed by atoms with Crippen molar-refractivity contribution < 1.29 is 14.3 Å². The van der Waals surface area contributed by atoms with E-state index in [0.717, 1.165) is 46.9 Å². The smallest absolute Gasteiger partial charge is 0.338 e. The van der Waals surface area contributed by atoms with Crippen molar-refractivity contribution in [2.24, 2.45) is 0 Å². The van der Waals surface area contributed by atoms with E-state index in [9.17, 15) is 9.59 Å². The zero-order chi connectivity index (χ0) is 22.2. The van der Waals surface area contributed by atoms with E-state index in [1.807, 2.05) is 64.1 Å². The van der Waals surface area contributed by atoms with E-state index in [0.29, 0.717) is 17.0 Å². The summed E-state index contributed by atoms with van der Waals surface area (Å²) in [4.78, 5) is 28.0. The third-order valence-electron chi connectivity index (χ3n) is 6.09. The Labute approximate surface area is 184 Å². The Morgan fingerprint density at radius 3 is 2.48 bits per heavy atom. The summed E-state index contributed by atoms with van der Waals surface area (Å²) in [6.07, 6.45) is 6.96. The molecule has 1 aliphatic carbocycles. The Morgan fingerprint density at radius 2 is 1.81 bits per heavy atom. The van der Waals surface area contributed by atoms with Gasteiger partial charge in [0.2, 0.25) is 0 Å². The molecule has 0 bridgehead atoms. The maximum absolute atomic E-state index is 12.6. The molecule has 0 radical (unpaired) electrons. The van der Waals surface area contributed by atoms with Crippen LogP contribution < -0.4 is 0 Å². The average molecular weight is 418 g/mol. The number of aryl methyl sites for hydroxylation is 1. The van der Waals surface area contributed by atoms with Crippen molar-refractivity contribution in [3.8, 4) is 11.3 Å². The molecule has 0 spiro atoms. The number of aromatic amines is 1. The molecule has 1 heterocycles. The van der Waals surface area contributed by atoms with Crippen LogP contribution in [-0.4, -0.2) is 22.8 Å². The fourth-order valence-corrected chi connectivity index (χ4v) is 4.72. The Hall–Kier alpha value is -2.88. The minimum atomic E-state index is -0.541. The topological polar surface area (TPSA) is 59.2 Å². The summed E-state index contributed by atoms with van der Waals surface area (Å²) in [6, 6.07) is 11.8. The van der Waals surface area contributed by atoms with Crippen molar-refractivity contribution in [3.05, 3.63) is 58.7 Å². The van der Waals surface area contributed by atoms with Gasteiger partial charge in [-0.25, -0.2) is 4.79 Å². The Kier molecular flexibility index (Phi) is 5.74. The largest absolute Gasteiger partial charge is 0.456 e. The lowest BCUT2D eigenvalue weighted by Gasteiger charge is -2.23. The van der Waals surface area contributed by atoms with Crippen LogP contribution in [0.15, 0.2) is 36.4 Å². The van der Waals surface area contributed by atoms with Crippen LogP contribution in [0, 0.1) is 6.92 Å². The van der Waals surface area contributed by atoms with E-state index in [2.05, 4.69) is 4.98 Å². The van der Waals surface area contributed by atoms with Crippen molar-refractivity contribution >= 4 is 23.2 Å². The molecule has 0 aliphatic heterocycles. The number of aromatic nitrogens is 1. The molecule has 31 heavy (non-hydrogen) atoms. The van der Waals surface area contributed by atoms with Gasteiger partial charge in [0.25, 0.3) is 0 Å². The summed E-state index contributed by atoms with van der Waals surface area (Å²) >= 11 is 0. The standard InChI is InChI=1S/C27H31NO3/c1-17-10-12-21(20(14-17)16-29)25-24(18-8-6-5-7-9-18)22-13-11-19(15-23(22)28-25)26(30)31-27(2,3)4/h10-16,18,28H,5-9H2,1-4H3. The first-order valence-electron chi connectivity index (χ1n) is 11.2. The second-order valence-corrected chi connectivity index (χ2v) is 9.72. The number of fused-ring (bicyclic) bond motifs is 1. The van der Waals surface area contributed by atoms with Gasteiger partial charge in [-0.3, -0.25) is 4.79 Å². The maximum Gasteiger partial charge on any atom is 0.338 e. The van der Waals surface area contributed by atoms with Gasteiger partial charge >= 0.3 is 5.97 Å². The van der Waals surface area contributed by atoms with Gasteiger partial charge in [0.05, 0.1) is 11.3 Å². The van der Waals surface area contributed by atoms with Crippen molar-refractivity contribution in [3.63, 3.8) is 0 Å². The summed E-state index contributed by atoms with van der Waals surface area (Å²) < 4.78 is 5.56. The van der Waals surface area contributed by atoms with E-state index < -0.39 is 5.60 Å². The van der Waals surface area contributed by atoms with Crippen LogP contribution in [0.2, 0.25) is 0 Å². The second-order valence-electron chi connectivity index (χ2n) is 9.72. The van der Waals surface area contributed by atoms with Crippen molar-refractivity contribution in [1.82, 2.24) is 4.98 Å². The lowest BCUT2D eigenvalue weighted by Crippen LogP contribution is -2.23. The molecule has 4 heteroatoms. The molecule has 4 nitrogen and oxygen atoms in total. The Balaban J connectivity index is 1.88. The van der Waals surface area contributed by atoms with Crippen LogP contribution in [0.5, 0.6) is 0 Å². The monoisotopic (exact) mass is 417 g/mol. The quantitative estimate of drug-likeness (QED) is 0.369. The van der Waals surface area contributed by atoms with Crippen LogP contribution in [0.25, 0.3) is 22.2 Å². The summed E-state index contributed by atoms with van der Waals surface area (Å²) in [5.74, 6) is 0.124. The summed E-state index contributed by atoms with van der Waals surface area (Å²) in [7, 11) is 0. The van der Waals surface area contributed by atoms with Gasteiger partial charge in [-0.1, -0.05) is 43.0 Å². The molecule has 1 N–H and O–H groups in total. The lowest BCUT2D eigenvalue weighted by molar-refractivity contribution is 0.00696. The van der Waals surface area contributed by atoms with Gasteiger partial charge in [-0.15, -0.1) is 0 Å². The van der Waals surface area contributed by atoms with Gasteiger partial charge in [0.15, 0.2) is 6.29 Å². The minimum absolute atomic E-state index is 0.325. The molecular formula is C27H31NO3. The molecule has 3 aromatic rings. The highest BCUT2D eigenvalue weighted by atomic mass is 16.6. The van der Waals surface area contributed by atoms with Gasteiger partial charge < -0.3 is 9.72 Å². The molecule has 4 rings (SSSR count). The first-order valence-corrected chi connectivity index (χ1v) is 11.2. The first kappa shape index (κ1) is 21.4. The van der Waals surface area contributed by atoms with Gasteiger partial charge in [-0.2, -0.15) is 0 Å². The van der Waals surface area contributed by atoms with Crippen LogP contribution in [-0.2, 0) is 4.74 Å². The fourth-order valence-electron chi connectivity index (χ4n) is 4.72. The predicted molar refractivity (Wildman–Crippen MR) is 125 cm³/mol. The number of rotatable bonds is 4. The first-order chi connectivity index (χ1) is 14.8. The number of nitrogens with one attached hydrogen (secondary N) is 1. The summed E-state index contributed by atoms with van der Waals surface area (Å²) in [5, 5.41) is 1.13. The number of esters is 1. The van der Waals surface area contributed by atoms with E-state index in [1.54, 1.807) is 0 Å². The molecule has 0 unspecified atom stereocenters. The Bertz CT molecular complexity index is 1130. The molecule has 162 valence electrons. The highest BCUT2D eigenvalue weighted by Crippen LogP contribution is 2.43. The third-order valence-corrected chi connectivity index (χ3v) is 6.09. The zero-order valence-corrected chi connectivity index (χ0v) is 18.9. The van der Waals surface area contributed by atoms with Crippen molar-refractivity contribution in [2.45, 2.75) is 71.3 Å². The minimum Gasteiger partial charge on any atom is -0.456 e. The molecule has 1 aromatic heterocycles. The van der Waals surface area contributed by atoms with Crippen molar-refractivity contribution in [1.29, 1.82) is 0 Å². The maximum atomic E-state index is 12.6. The average Bonchev–Trinajstić information content (AvgIpc) is 3.11. The normalized spacial score (nSPS) is 15.2. The number of benzene rings is 2. The number of aldehydes is 1. The van der Waals surface area contributed by atoms with Crippen LogP contribution in [0.4, 0.5) is 0 Å². The van der Waals surface area contributed by atoms with E-state index >= 15 is 0 Å². The molecule has 0 saturated heterocycles. The van der Waals surface area contributed by atoms with E-state index in [1.165, 1.54) is 24.8 Å². The third kappa shape index (κ3) is 4.43. The molecule has 1 aliphatic rings. The number of ether oxygens (including phenoxy) is 1. The zero-order valence-electron chi connectivity index (χ0n) is 18.9. The summed E-state index contributed by atoms with van der Waals surface area (Å²) in [6.45, 7) is 7.61.